The van der Waals surface area contributed by atoms with Gasteiger partial charge in [-0.3, -0.25) is 9.48 Å². The molecule has 0 unspecified atom stereocenters. The number of nitrogens with zero attached hydrogens (tertiary/aromatic N) is 4. The van der Waals surface area contributed by atoms with Gasteiger partial charge in [0, 0.05) is 31.4 Å². The molecule has 0 amide bonds. The first-order chi connectivity index (χ1) is 9.45. The SMILES string of the molecule is CCn1ncc(NCc2c(C)nn(C)c2C)c(Cl)c1=O. The van der Waals surface area contributed by atoms with Gasteiger partial charge in [-0.05, 0) is 20.8 Å². The Morgan fingerprint density at radius 3 is 2.65 bits per heavy atom. The van der Waals surface area contributed by atoms with Crippen LogP contribution >= 0.6 is 11.6 Å². The Morgan fingerprint density at radius 2 is 2.10 bits per heavy atom. The van der Waals surface area contributed by atoms with E-state index < -0.39 is 0 Å². The van der Waals surface area contributed by atoms with E-state index >= 15 is 0 Å². The minimum absolute atomic E-state index is 0.168. The molecule has 0 aromatic carbocycles. The minimum Gasteiger partial charge on any atom is -0.378 e. The fraction of sp³-hybridized carbons (Fsp3) is 0.462. The molecule has 0 atom stereocenters. The summed E-state index contributed by atoms with van der Waals surface area (Å²) in [5.74, 6) is 0. The van der Waals surface area contributed by atoms with Crippen LogP contribution < -0.4 is 10.9 Å². The first-order valence-corrected chi connectivity index (χ1v) is 6.82. The molecule has 0 aliphatic heterocycles. The Kier molecular flexibility index (Phi) is 4.13. The molecule has 108 valence electrons. The molecule has 7 heteroatoms. The van der Waals surface area contributed by atoms with Crippen LogP contribution in [0.1, 0.15) is 23.9 Å². The van der Waals surface area contributed by atoms with E-state index in [1.807, 2.05) is 32.5 Å². The van der Waals surface area contributed by atoms with Gasteiger partial charge in [0.15, 0.2) is 0 Å². The first kappa shape index (κ1) is 14.6. The van der Waals surface area contributed by atoms with Gasteiger partial charge in [0.25, 0.3) is 5.56 Å². The maximum atomic E-state index is 11.9. The standard InChI is InChI=1S/C13H18ClN5O/c1-5-19-13(20)12(14)11(7-16-19)15-6-10-8(2)17-18(4)9(10)3/h7,15H,5-6H2,1-4H3. The second-order valence-electron chi connectivity index (χ2n) is 4.62. The lowest BCUT2D eigenvalue weighted by atomic mass is 10.2. The number of nitrogens with one attached hydrogen (secondary N) is 1. The summed E-state index contributed by atoms with van der Waals surface area (Å²) in [5, 5.41) is 11.7. The summed E-state index contributed by atoms with van der Waals surface area (Å²) in [6.45, 7) is 6.87. The molecule has 2 heterocycles. The van der Waals surface area contributed by atoms with Gasteiger partial charge in [0.05, 0.1) is 17.6 Å². The van der Waals surface area contributed by atoms with Gasteiger partial charge < -0.3 is 5.32 Å². The number of anilines is 1. The number of halogens is 1. The van der Waals surface area contributed by atoms with Gasteiger partial charge in [-0.25, -0.2) is 4.68 Å². The fourth-order valence-corrected chi connectivity index (χ4v) is 2.28. The summed E-state index contributed by atoms with van der Waals surface area (Å²) in [4.78, 5) is 11.9. The van der Waals surface area contributed by atoms with E-state index in [4.69, 9.17) is 11.6 Å². The Balaban J connectivity index is 2.24. The molecule has 2 aromatic heterocycles. The topological polar surface area (TPSA) is 64.7 Å². The molecule has 0 radical (unpaired) electrons. The average Bonchev–Trinajstić information content (AvgIpc) is 2.66. The molecular formula is C13H18ClN5O. The molecule has 0 saturated carbocycles. The molecule has 2 rings (SSSR count). The number of hydrogen-bond donors (Lipinski definition) is 1. The second kappa shape index (κ2) is 5.66. The third-order valence-electron chi connectivity index (χ3n) is 3.40. The predicted octanol–water partition coefficient (Wildman–Crippen LogP) is 1.88. The summed E-state index contributed by atoms with van der Waals surface area (Å²) in [6.07, 6.45) is 1.58. The molecular weight excluding hydrogens is 278 g/mol. The summed E-state index contributed by atoms with van der Waals surface area (Å²) in [6, 6.07) is 0. The minimum atomic E-state index is -0.279. The molecule has 0 fully saturated rings. The van der Waals surface area contributed by atoms with Gasteiger partial charge in [0.1, 0.15) is 5.02 Å². The molecule has 0 bridgehead atoms. The first-order valence-electron chi connectivity index (χ1n) is 6.44. The van der Waals surface area contributed by atoms with Crippen molar-refractivity contribution in [1.29, 1.82) is 0 Å². The van der Waals surface area contributed by atoms with Gasteiger partial charge in [-0.15, -0.1) is 0 Å². The Morgan fingerprint density at radius 1 is 1.40 bits per heavy atom. The molecule has 1 N–H and O–H groups in total. The van der Waals surface area contributed by atoms with Crippen LogP contribution in [0, 0.1) is 13.8 Å². The van der Waals surface area contributed by atoms with Crippen LogP contribution in [0.2, 0.25) is 5.02 Å². The van der Waals surface area contributed by atoms with E-state index in [0.29, 0.717) is 18.8 Å². The summed E-state index contributed by atoms with van der Waals surface area (Å²) in [7, 11) is 1.91. The van der Waals surface area contributed by atoms with Crippen LogP contribution in [0.3, 0.4) is 0 Å². The van der Waals surface area contributed by atoms with Gasteiger partial charge in [-0.2, -0.15) is 10.2 Å². The highest BCUT2D eigenvalue weighted by molar-refractivity contribution is 6.32. The van der Waals surface area contributed by atoms with E-state index in [1.54, 1.807) is 6.20 Å². The van der Waals surface area contributed by atoms with E-state index in [-0.39, 0.29) is 10.6 Å². The summed E-state index contributed by atoms with van der Waals surface area (Å²) >= 11 is 6.07. The second-order valence-corrected chi connectivity index (χ2v) is 5.00. The normalized spacial score (nSPS) is 10.8. The third kappa shape index (κ3) is 2.56. The number of aryl methyl sites for hydroxylation is 3. The van der Waals surface area contributed by atoms with Crippen molar-refractivity contribution >= 4 is 17.3 Å². The lowest BCUT2D eigenvalue weighted by molar-refractivity contribution is 0.616. The van der Waals surface area contributed by atoms with E-state index in [9.17, 15) is 4.79 Å². The number of aromatic nitrogens is 4. The Labute approximate surface area is 122 Å². The predicted molar refractivity (Wildman–Crippen MR) is 79.2 cm³/mol. The van der Waals surface area contributed by atoms with Crippen LogP contribution in [0.15, 0.2) is 11.0 Å². The largest absolute Gasteiger partial charge is 0.378 e. The van der Waals surface area contributed by atoms with Crippen molar-refractivity contribution < 1.29 is 0 Å². The van der Waals surface area contributed by atoms with E-state index in [0.717, 1.165) is 17.0 Å². The van der Waals surface area contributed by atoms with Crippen LogP contribution in [0.5, 0.6) is 0 Å². The van der Waals surface area contributed by atoms with Crippen molar-refractivity contribution in [2.24, 2.45) is 7.05 Å². The maximum absolute atomic E-state index is 11.9. The molecule has 0 aliphatic carbocycles. The van der Waals surface area contributed by atoms with Gasteiger partial charge in [-0.1, -0.05) is 11.6 Å². The van der Waals surface area contributed by atoms with Crippen molar-refractivity contribution in [2.75, 3.05) is 5.32 Å². The Hall–Kier alpha value is -1.82. The zero-order chi connectivity index (χ0) is 14.9. The molecule has 2 aromatic rings. The van der Waals surface area contributed by atoms with Crippen LogP contribution in [0.25, 0.3) is 0 Å². The Bertz CT molecular complexity index is 689. The summed E-state index contributed by atoms with van der Waals surface area (Å²) < 4.78 is 3.16. The van der Waals surface area contributed by atoms with Crippen LogP contribution in [-0.4, -0.2) is 19.6 Å². The highest BCUT2D eigenvalue weighted by atomic mass is 35.5. The third-order valence-corrected chi connectivity index (χ3v) is 3.76. The zero-order valence-electron chi connectivity index (χ0n) is 12.1. The van der Waals surface area contributed by atoms with Crippen molar-refractivity contribution in [3.05, 3.63) is 38.5 Å². The van der Waals surface area contributed by atoms with Gasteiger partial charge >= 0.3 is 0 Å². The van der Waals surface area contributed by atoms with Crippen molar-refractivity contribution in [1.82, 2.24) is 19.6 Å². The molecule has 0 spiro atoms. The smallest absolute Gasteiger partial charge is 0.287 e. The van der Waals surface area contributed by atoms with Crippen molar-refractivity contribution in [3.63, 3.8) is 0 Å². The zero-order valence-corrected chi connectivity index (χ0v) is 12.8. The lowest BCUT2D eigenvalue weighted by Crippen LogP contribution is -2.23. The number of rotatable bonds is 4. The fourth-order valence-electron chi connectivity index (χ4n) is 2.07. The highest BCUT2D eigenvalue weighted by Gasteiger charge is 2.12. The van der Waals surface area contributed by atoms with E-state index in [1.165, 1.54) is 4.68 Å². The van der Waals surface area contributed by atoms with Crippen LogP contribution in [-0.2, 0) is 20.1 Å². The molecule has 20 heavy (non-hydrogen) atoms. The molecule has 0 saturated heterocycles. The van der Waals surface area contributed by atoms with Crippen molar-refractivity contribution in [2.45, 2.75) is 33.9 Å². The maximum Gasteiger partial charge on any atom is 0.287 e. The average molecular weight is 296 g/mol. The van der Waals surface area contributed by atoms with Gasteiger partial charge in [0.2, 0.25) is 0 Å². The van der Waals surface area contributed by atoms with Crippen LogP contribution in [0.4, 0.5) is 5.69 Å². The lowest BCUT2D eigenvalue weighted by Gasteiger charge is -2.09. The number of hydrogen-bond acceptors (Lipinski definition) is 4. The summed E-state index contributed by atoms with van der Waals surface area (Å²) in [5.41, 5.74) is 3.41. The van der Waals surface area contributed by atoms with Crippen molar-refractivity contribution in [3.8, 4) is 0 Å². The highest BCUT2D eigenvalue weighted by Crippen LogP contribution is 2.18. The molecule has 6 nitrogen and oxygen atoms in total. The molecule has 0 aliphatic rings. The monoisotopic (exact) mass is 295 g/mol. The van der Waals surface area contributed by atoms with E-state index in [2.05, 4.69) is 15.5 Å². The quantitative estimate of drug-likeness (QED) is 0.935.